The molecular weight excluding hydrogens is 272 g/mol. The molecule has 1 atom stereocenters. The standard InChI is InChI=1S/C16H26N2O.ClH/c1-10(2)13-6-7-15(14(9-13)11(3)4)18-16(19)8-12(5)17;/h6-7,9-12H,8,17H2,1-5H3,(H,18,19);1H. The van der Waals surface area contributed by atoms with Gasteiger partial charge >= 0.3 is 0 Å². The number of nitrogens with one attached hydrogen (secondary N) is 1. The van der Waals surface area contributed by atoms with Crippen LogP contribution in [0.4, 0.5) is 5.69 Å². The fourth-order valence-corrected chi connectivity index (χ4v) is 2.03. The number of halogens is 1. The Bertz CT molecular complexity index is 442. The minimum atomic E-state index is -0.113. The third-order valence-electron chi connectivity index (χ3n) is 3.15. The first-order valence-corrected chi connectivity index (χ1v) is 7.00. The van der Waals surface area contributed by atoms with Crippen LogP contribution < -0.4 is 11.1 Å². The van der Waals surface area contributed by atoms with Crippen molar-refractivity contribution < 1.29 is 4.79 Å². The third-order valence-corrected chi connectivity index (χ3v) is 3.15. The molecule has 0 saturated heterocycles. The van der Waals surface area contributed by atoms with Crippen LogP contribution in [-0.4, -0.2) is 11.9 Å². The topological polar surface area (TPSA) is 55.1 Å². The molecule has 0 aliphatic rings. The van der Waals surface area contributed by atoms with Crippen molar-refractivity contribution in [3.05, 3.63) is 29.3 Å². The van der Waals surface area contributed by atoms with Crippen LogP contribution in [0.5, 0.6) is 0 Å². The van der Waals surface area contributed by atoms with E-state index in [9.17, 15) is 4.79 Å². The first-order valence-electron chi connectivity index (χ1n) is 7.00. The molecule has 3 N–H and O–H groups in total. The van der Waals surface area contributed by atoms with E-state index in [4.69, 9.17) is 5.73 Å². The van der Waals surface area contributed by atoms with Gasteiger partial charge in [-0.3, -0.25) is 4.79 Å². The van der Waals surface area contributed by atoms with Gasteiger partial charge in [0.2, 0.25) is 5.91 Å². The average Bonchev–Trinajstić information content (AvgIpc) is 2.27. The zero-order valence-corrected chi connectivity index (χ0v) is 13.9. The van der Waals surface area contributed by atoms with Crippen molar-refractivity contribution in [1.82, 2.24) is 0 Å². The zero-order valence-electron chi connectivity index (χ0n) is 13.1. The van der Waals surface area contributed by atoms with E-state index in [0.29, 0.717) is 18.3 Å². The second-order valence-corrected chi connectivity index (χ2v) is 5.89. The maximum Gasteiger partial charge on any atom is 0.225 e. The largest absolute Gasteiger partial charge is 0.327 e. The van der Waals surface area contributed by atoms with Crippen LogP contribution in [0.2, 0.25) is 0 Å². The molecule has 0 aliphatic heterocycles. The summed E-state index contributed by atoms with van der Waals surface area (Å²) in [5, 5.41) is 2.97. The number of amides is 1. The number of carbonyl (C=O) groups is 1. The van der Waals surface area contributed by atoms with E-state index in [1.54, 1.807) is 0 Å². The van der Waals surface area contributed by atoms with Crippen molar-refractivity contribution in [2.24, 2.45) is 5.73 Å². The second-order valence-electron chi connectivity index (χ2n) is 5.89. The molecule has 4 heteroatoms. The van der Waals surface area contributed by atoms with Crippen molar-refractivity contribution in [3.8, 4) is 0 Å². The number of nitrogens with two attached hydrogens (primary N) is 1. The summed E-state index contributed by atoms with van der Waals surface area (Å²) in [7, 11) is 0. The molecule has 0 heterocycles. The summed E-state index contributed by atoms with van der Waals surface area (Å²) >= 11 is 0. The lowest BCUT2D eigenvalue weighted by molar-refractivity contribution is -0.116. The Morgan fingerprint density at radius 3 is 2.20 bits per heavy atom. The van der Waals surface area contributed by atoms with Crippen molar-refractivity contribution in [1.29, 1.82) is 0 Å². The van der Waals surface area contributed by atoms with Gasteiger partial charge < -0.3 is 11.1 Å². The summed E-state index contributed by atoms with van der Waals surface area (Å²) < 4.78 is 0. The molecule has 1 unspecified atom stereocenters. The number of carbonyl (C=O) groups excluding carboxylic acids is 1. The molecule has 1 rings (SSSR count). The Balaban J connectivity index is 0.00000361. The van der Waals surface area contributed by atoms with E-state index in [1.807, 2.05) is 13.0 Å². The number of benzene rings is 1. The van der Waals surface area contributed by atoms with E-state index in [0.717, 1.165) is 5.69 Å². The average molecular weight is 299 g/mol. The summed E-state index contributed by atoms with van der Waals surface area (Å²) in [6.45, 7) is 10.5. The quantitative estimate of drug-likeness (QED) is 0.862. The van der Waals surface area contributed by atoms with Gasteiger partial charge in [0.1, 0.15) is 0 Å². The molecule has 0 aromatic heterocycles. The molecule has 0 bridgehead atoms. The van der Waals surface area contributed by atoms with Crippen molar-refractivity contribution in [2.75, 3.05) is 5.32 Å². The minimum Gasteiger partial charge on any atom is -0.327 e. The van der Waals surface area contributed by atoms with Gasteiger partial charge in [-0.2, -0.15) is 0 Å². The predicted molar refractivity (Wildman–Crippen MR) is 88.8 cm³/mol. The Morgan fingerprint density at radius 2 is 1.75 bits per heavy atom. The zero-order chi connectivity index (χ0) is 14.6. The monoisotopic (exact) mass is 298 g/mol. The van der Waals surface area contributed by atoms with Gasteiger partial charge in [-0.1, -0.05) is 39.8 Å². The van der Waals surface area contributed by atoms with Crippen molar-refractivity contribution in [3.63, 3.8) is 0 Å². The number of rotatable bonds is 5. The molecule has 1 amide bonds. The molecule has 1 aromatic carbocycles. The third kappa shape index (κ3) is 5.51. The van der Waals surface area contributed by atoms with Crippen LogP contribution in [0.15, 0.2) is 18.2 Å². The second kappa shape index (κ2) is 8.28. The van der Waals surface area contributed by atoms with Crippen LogP contribution in [0, 0.1) is 0 Å². The molecule has 0 spiro atoms. The van der Waals surface area contributed by atoms with Crippen LogP contribution >= 0.6 is 12.4 Å². The lowest BCUT2D eigenvalue weighted by Gasteiger charge is -2.17. The van der Waals surface area contributed by atoms with E-state index in [2.05, 4.69) is 45.1 Å². The molecule has 1 aromatic rings. The minimum absolute atomic E-state index is 0. The highest BCUT2D eigenvalue weighted by molar-refractivity contribution is 5.92. The van der Waals surface area contributed by atoms with Gasteiger partial charge in [-0.05, 0) is 36.0 Å². The van der Waals surface area contributed by atoms with E-state index < -0.39 is 0 Å². The van der Waals surface area contributed by atoms with Crippen LogP contribution in [-0.2, 0) is 4.79 Å². The van der Waals surface area contributed by atoms with Gasteiger partial charge in [-0.25, -0.2) is 0 Å². The van der Waals surface area contributed by atoms with E-state index in [-0.39, 0.29) is 24.4 Å². The number of hydrogen-bond acceptors (Lipinski definition) is 2. The van der Waals surface area contributed by atoms with Gasteiger partial charge in [0.25, 0.3) is 0 Å². The Labute approximate surface area is 128 Å². The Kier molecular flexibility index (Phi) is 7.84. The van der Waals surface area contributed by atoms with Crippen LogP contribution in [0.3, 0.4) is 0 Å². The highest BCUT2D eigenvalue weighted by atomic mass is 35.5. The SMILES string of the molecule is CC(N)CC(=O)Nc1ccc(C(C)C)cc1C(C)C.Cl. The first-order chi connectivity index (χ1) is 8.81. The maximum atomic E-state index is 11.8. The number of anilines is 1. The van der Waals surface area contributed by atoms with Crippen molar-refractivity contribution in [2.45, 2.75) is 58.9 Å². The Morgan fingerprint density at radius 1 is 1.15 bits per heavy atom. The molecule has 0 fully saturated rings. The normalized spacial score (nSPS) is 12.2. The van der Waals surface area contributed by atoms with Crippen LogP contribution in [0.25, 0.3) is 0 Å². The van der Waals surface area contributed by atoms with E-state index in [1.165, 1.54) is 11.1 Å². The fourth-order valence-electron chi connectivity index (χ4n) is 2.03. The molecule has 114 valence electrons. The highest BCUT2D eigenvalue weighted by Crippen LogP contribution is 2.28. The lowest BCUT2D eigenvalue weighted by Crippen LogP contribution is -2.24. The Hall–Kier alpha value is -1.06. The van der Waals surface area contributed by atoms with Gasteiger partial charge in [0, 0.05) is 18.2 Å². The van der Waals surface area contributed by atoms with Gasteiger partial charge in [0.05, 0.1) is 0 Å². The maximum absolute atomic E-state index is 11.8. The molecule has 0 saturated carbocycles. The molecule has 20 heavy (non-hydrogen) atoms. The smallest absolute Gasteiger partial charge is 0.225 e. The highest BCUT2D eigenvalue weighted by Gasteiger charge is 2.12. The summed E-state index contributed by atoms with van der Waals surface area (Å²) in [5.41, 5.74) is 9.04. The molecule has 0 radical (unpaired) electrons. The van der Waals surface area contributed by atoms with Gasteiger partial charge in [0.15, 0.2) is 0 Å². The summed E-state index contributed by atoms with van der Waals surface area (Å²) in [6, 6.07) is 6.16. The molecule has 3 nitrogen and oxygen atoms in total. The fraction of sp³-hybridized carbons (Fsp3) is 0.562. The van der Waals surface area contributed by atoms with Crippen molar-refractivity contribution >= 4 is 24.0 Å². The summed E-state index contributed by atoms with van der Waals surface area (Å²) in [5.74, 6) is 0.852. The lowest BCUT2D eigenvalue weighted by atomic mass is 9.94. The van der Waals surface area contributed by atoms with E-state index >= 15 is 0 Å². The predicted octanol–water partition coefficient (Wildman–Crippen LogP) is 4.03. The number of hydrogen-bond donors (Lipinski definition) is 2. The van der Waals surface area contributed by atoms with Gasteiger partial charge in [-0.15, -0.1) is 12.4 Å². The first kappa shape index (κ1) is 18.9. The molecular formula is C16H27ClN2O. The van der Waals surface area contributed by atoms with Crippen LogP contribution in [0.1, 0.15) is 64.0 Å². The summed E-state index contributed by atoms with van der Waals surface area (Å²) in [4.78, 5) is 11.8. The molecule has 0 aliphatic carbocycles. The summed E-state index contributed by atoms with van der Waals surface area (Å²) in [6.07, 6.45) is 0.351.